The first-order valence-electron chi connectivity index (χ1n) is 8.89. The minimum absolute atomic E-state index is 0.0469. The highest BCUT2D eigenvalue weighted by molar-refractivity contribution is 6.30. The molecule has 0 spiro atoms. The number of hydrogen-bond acceptors (Lipinski definition) is 4. The van der Waals surface area contributed by atoms with Crippen molar-refractivity contribution in [2.24, 2.45) is 0 Å². The molecule has 27 heavy (non-hydrogen) atoms. The molecule has 1 atom stereocenters. The molecule has 1 aliphatic rings. The Bertz CT molecular complexity index is 813. The van der Waals surface area contributed by atoms with Crippen LogP contribution in [0, 0.1) is 6.92 Å². The highest BCUT2D eigenvalue weighted by Gasteiger charge is 2.26. The fourth-order valence-electron chi connectivity index (χ4n) is 3.11. The number of rotatable bonds is 7. The van der Waals surface area contributed by atoms with E-state index in [0.29, 0.717) is 29.4 Å². The molecule has 1 saturated heterocycles. The summed E-state index contributed by atoms with van der Waals surface area (Å²) in [6, 6.07) is 7.15. The minimum Gasteiger partial charge on any atom is -0.481 e. The molecule has 8 heteroatoms. The Kier molecular flexibility index (Phi) is 6.13. The van der Waals surface area contributed by atoms with Gasteiger partial charge in [-0.3, -0.25) is 9.59 Å². The predicted octanol–water partition coefficient (Wildman–Crippen LogP) is 2.93. The number of amides is 1. The fourth-order valence-corrected chi connectivity index (χ4v) is 3.23. The largest absolute Gasteiger partial charge is 0.481 e. The molecule has 0 radical (unpaired) electrons. The molecule has 0 aliphatic carbocycles. The molecule has 2 aromatic rings. The molecule has 1 aromatic carbocycles. The Hall–Kier alpha value is -2.38. The van der Waals surface area contributed by atoms with Crippen LogP contribution in [0.2, 0.25) is 5.02 Å². The third-order valence-corrected chi connectivity index (χ3v) is 4.80. The van der Waals surface area contributed by atoms with Crippen molar-refractivity contribution in [1.29, 1.82) is 0 Å². The molecule has 1 N–H and O–H groups in total. The first-order chi connectivity index (χ1) is 12.9. The summed E-state index contributed by atoms with van der Waals surface area (Å²) in [5.41, 5.74) is 1.83. The Labute approximate surface area is 162 Å². The molecule has 1 aromatic heterocycles. The second-order valence-corrected chi connectivity index (χ2v) is 7.02. The van der Waals surface area contributed by atoms with Crippen LogP contribution in [0.5, 0.6) is 0 Å². The van der Waals surface area contributed by atoms with Crippen LogP contribution in [-0.2, 0) is 9.53 Å². The van der Waals surface area contributed by atoms with Gasteiger partial charge in [-0.25, -0.2) is 4.68 Å². The monoisotopic (exact) mass is 391 g/mol. The van der Waals surface area contributed by atoms with Gasteiger partial charge >= 0.3 is 5.97 Å². The summed E-state index contributed by atoms with van der Waals surface area (Å²) in [5.74, 6) is -1.17. The number of halogens is 1. The lowest BCUT2D eigenvalue weighted by atomic mass is 10.2. The van der Waals surface area contributed by atoms with Gasteiger partial charge in [0.2, 0.25) is 0 Å². The molecule has 3 rings (SSSR count). The standard InChI is InChI=1S/C19H22ClN3O4/c1-13-17(12-23(21-13)15-6-4-14(20)5-7-15)19(26)22(9-8-18(24)25)11-16-3-2-10-27-16/h4-7,12,16H,2-3,8-11H2,1H3,(H,24,25)/t16-/m0/s1. The molecule has 0 unspecified atom stereocenters. The molecule has 1 fully saturated rings. The van der Waals surface area contributed by atoms with Crippen molar-refractivity contribution >= 4 is 23.5 Å². The summed E-state index contributed by atoms with van der Waals surface area (Å²) in [7, 11) is 0. The number of carboxylic acids is 1. The van der Waals surface area contributed by atoms with Gasteiger partial charge in [-0.15, -0.1) is 0 Å². The van der Waals surface area contributed by atoms with Crippen molar-refractivity contribution in [3.63, 3.8) is 0 Å². The van der Waals surface area contributed by atoms with Gasteiger partial charge in [0, 0.05) is 30.9 Å². The SMILES string of the molecule is Cc1nn(-c2ccc(Cl)cc2)cc1C(=O)N(CCC(=O)O)C[C@@H]1CCCO1. The number of carbonyl (C=O) groups excluding carboxylic acids is 1. The van der Waals surface area contributed by atoms with Gasteiger partial charge in [-0.2, -0.15) is 5.10 Å². The second-order valence-electron chi connectivity index (χ2n) is 6.58. The maximum Gasteiger partial charge on any atom is 0.305 e. The van der Waals surface area contributed by atoms with E-state index in [4.69, 9.17) is 21.4 Å². The van der Waals surface area contributed by atoms with Crippen LogP contribution in [0.1, 0.15) is 35.3 Å². The lowest BCUT2D eigenvalue weighted by Gasteiger charge is -2.24. The molecular weight excluding hydrogens is 370 g/mol. The van der Waals surface area contributed by atoms with Crippen LogP contribution in [-0.4, -0.2) is 57.5 Å². The van der Waals surface area contributed by atoms with Gasteiger partial charge in [0.1, 0.15) is 0 Å². The quantitative estimate of drug-likeness (QED) is 0.784. The number of ether oxygens (including phenoxy) is 1. The average Bonchev–Trinajstić information content (AvgIpc) is 3.28. The zero-order valence-electron chi connectivity index (χ0n) is 15.1. The van der Waals surface area contributed by atoms with Gasteiger partial charge in [-0.05, 0) is 44.0 Å². The number of carboxylic acid groups (broad SMARTS) is 1. The van der Waals surface area contributed by atoms with E-state index >= 15 is 0 Å². The Balaban J connectivity index is 1.81. The van der Waals surface area contributed by atoms with Crippen LogP contribution in [0.15, 0.2) is 30.5 Å². The predicted molar refractivity (Wildman–Crippen MR) is 100 cm³/mol. The minimum atomic E-state index is -0.936. The fraction of sp³-hybridized carbons (Fsp3) is 0.421. The summed E-state index contributed by atoms with van der Waals surface area (Å²) in [4.78, 5) is 25.6. The average molecular weight is 392 g/mol. The first kappa shape index (κ1) is 19.4. The number of aliphatic carboxylic acids is 1. The maximum absolute atomic E-state index is 13.1. The Morgan fingerprint density at radius 1 is 1.37 bits per heavy atom. The summed E-state index contributed by atoms with van der Waals surface area (Å²) < 4.78 is 7.24. The number of nitrogens with zero attached hydrogens (tertiary/aromatic N) is 3. The third kappa shape index (κ3) is 4.87. The van der Waals surface area contributed by atoms with Crippen LogP contribution in [0.4, 0.5) is 0 Å². The number of hydrogen-bond donors (Lipinski definition) is 1. The van der Waals surface area contributed by atoms with E-state index < -0.39 is 5.97 Å². The maximum atomic E-state index is 13.1. The van der Waals surface area contributed by atoms with Crippen molar-refractivity contribution in [1.82, 2.24) is 14.7 Å². The van der Waals surface area contributed by atoms with E-state index in [2.05, 4.69) is 5.10 Å². The van der Waals surface area contributed by atoms with Crippen molar-refractivity contribution in [3.05, 3.63) is 46.7 Å². The Morgan fingerprint density at radius 3 is 2.74 bits per heavy atom. The summed E-state index contributed by atoms with van der Waals surface area (Å²) in [6.45, 7) is 2.97. The van der Waals surface area contributed by atoms with Crippen molar-refractivity contribution in [2.45, 2.75) is 32.3 Å². The number of aryl methyl sites for hydroxylation is 1. The molecule has 144 valence electrons. The van der Waals surface area contributed by atoms with Gasteiger partial charge in [-0.1, -0.05) is 11.6 Å². The molecule has 1 aliphatic heterocycles. The van der Waals surface area contributed by atoms with Gasteiger partial charge in [0.15, 0.2) is 0 Å². The normalized spacial score (nSPS) is 16.4. The molecule has 2 heterocycles. The van der Waals surface area contributed by atoms with Crippen molar-refractivity contribution in [3.8, 4) is 5.69 Å². The van der Waals surface area contributed by atoms with E-state index in [1.807, 2.05) is 12.1 Å². The van der Waals surface area contributed by atoms with E-state index in [1.54, 1.807) is 34.8 Å². The molecule has 0 bridgehead atoms. The van der Waals surface area contributed by atoms with Gasteiger partial charge in [0.25, 0.3) is 5.91 Å². The zero-order valence-corrected chi connectivity index (χ0v) is 15.9. The highest BCUT2D eigenvalue weighted by atomic mass is 35.5. The topological polar surface area (TPSA) is 84.7 Å². The van der Waals surface area contributed by atoms with Gasteiger partial charge < -0.3 is 14.7 Å². The lowest BCUT2D eigenvalue weighted by molar-refractivity contribution is -0.137. The lowest BCUT2D eigenvalue weighted by Crippen LogP contribution is -2.39. The first-order valence-corrected chi connectivity index (χ1v) is 9.26. The number of benzene rings is 1. The van der Waals surface area contributed by atoms with E-state index in [0.717, 1.165) is 18.5 Å². The molecule has 7 nitrogen and oxygen atoms in total. The molecule has 1 amide bonds. The molecular formula is C19H22ClN3O4. The van der Waals surface area contributed by atoms with E-state index in [-0.39, 0.29) is 25.0 Å². The summed E-state index contributed by atoms with van der Waals surface area (Å²) in [6.07, 6.45) is 3.35. The van der Waals surface area contributed by atoms with Crippen molar-refractivity contribution < 1.29 is 19.4 Å². The van der Waals surface area contributed by atoms with Crippen molar-refractivity contribution in [2.75, 3.05) is 19.7 Å². The summed E-state index contributed by atoms with van der Waals surface area (Å²) in [5, 5.41) is 14.0. The summed E-state index contributed by atoms with van der Waals surface area (Å²) >= 11 is 5.92. The van der Waals surface area contributed by atoms with Crippen LogP contribution in [0.3, 0.4) is 0 Å². The number of aromatic nitrogens is 2. The van der Waals surface area contributed by atoms with E-state index in [1.165, 1.54) is 0 Å². The molecule has 0 saturated carbocycles. The third-order valence-electron chi connectivity index (χ3n) is 4.55. The van der Waals surface area contributed by atoms with Crippen LogP contribution in [0.25, 0.3) is 5.69 Å². The Morgan fingerprint density at radius 2 is 2.11 bits per heavy atom. The van der Waals surface area contributed by atoms with E-state index in [9.17, 15) is 9.59 Å². The highest BCUT2D eigenvalue weighted by Crippen LogP contribution is 2.19. The zero-order chi connectivity index (χ0) is 19.4. The smallest absolute Gasteiger partial charge is 0.305 e. The van der Waals surface area contributed by atoms with Crippen LogP contribution < -0.4 is 0 Å². The van der Waals surface area contributed by atoms with Gasteiger partial charge in [0.05, 0.1) is 29.5 Å². The second kappa shape index (κ2) is 8.54. The number of carbonyl (C=O) groups is 2. The van der Waals surface area contributed by atoms with Crippen LogP contribution >= 0.6 is 11.6 Å².